The summed E-state index contributed by atoms with van der Waals surface area (Å²) in [5, 5.41) is 9.47. The van der Waals surface area contributed by atoms with Crippen molar-refractivity contribution in [3.63, 3.8) is 0 Å². The third-order valence-corrected chi connectivity index (χ3v) is 7.99. The van der Waals surface area contributed by atoms with Crippen LogP contribution in [0.25, 0.3) is 0 Å². The molecule has 1 unspecified atom stereocenters. The molecule has 1 atom stereocenters. The lowest BCUT2D eigenvalue weighted by molar-refractivity contribution is -0.125. The van der Waals surface area contributed by atoms with Crippen molar-refractivity contribution in [1.29, 1.82) is 0 Å². The molecule has 1 aliphatic rings. The van der Waals surface area contributed by atoms with E-state index < -0.39 is 27.9 Å². The Kier molecular flexibility index (Phi) is 6.58. The van der Waals surface area contributed by atoms with Gasteiger partial charge in [0.05, 0.1) is 23.5 Å². The van der Waals surface area contributed by atoms with E-state index in [1.165, 1.54) is 18.7 Å². The van der Waals surface area contributed by atoms with Gasteiger partial charge in [0.15, 0.2) is 0 Å². The lowest BCUT2D eigenvalue weighted by Crippen LogP contribution is -2.53. The maximum Gasteiger partial charge on any atom is 0.270 e. The van der Waals surface area contributed by atoms with Crippen LogP contribution in [0.3, 0.4) is 0 Å². The number of anilines is 2. The number of benzene rings is 1. The van der Waals surface area contributed by atoms with Gasteiger partial charge in [0.2, 0.25) is 11.8 Å². The van der Waals surface area contributed by atoms with Crippen molar-refractivity contribution in [3.8, 4) is 0 Å². The number of amides is 2. The van der Waals surface area contributed by atoms with Crippen molar-refractivity contribution in [1.82, 2.24) is 20.1 Å². The fourth-order valence-corrected chi connectivity index (χ4v) is 6.23. The summed E-state index contributed by atoms with van der Waals surface area (Å²) in [4.78, 5) is 29.5. The minimum Gasteiger partial charge on any atom is -0.356 e. The Labute approximate surface area is 202 Å². The van der Waals surface area contributed by atoms with Crippen LogP contribution in [-0.4, -0.2) is 47.6 Å². The Hall–Kier alpha value is -3.44. The standard InChI is InChI=1S/C22H23ClN6O4S/c1-14-20(21(23)28(2)27-14)34(32,33)29-17-6-4-3-5-16(17)26-22(31)18(29)13-19(30)25-12-9-15-7-10-24-11-8-15/h3-8,10-11,18H,9,12-13H2,1-2H3,(H,25,30)(H,26,31). The Morgan fingerprint density at radius 1 is 1.21 bits per heavy atom. The van der Waals surface area contributed by atoms with Crippen molar-refractivity contribution in [2.45, 2.75) is 30.7 Å². The van der Waals surface area contributed by atoms with Gasteiger partial charge in [0, 0.05) is 26.0 Å². The van der Waals surface area contributed by atoms with Crippen molar-refractivity contribution >= 4 is 44.8 Å². The van der Waals surface area contributed by atoms with Gasteiger partial charge in [0.25, 0.3) is 10.0 Å². The van der Waals surface area contributed by atoms with Gasteiger partial charge in [-0.3, -0.25) is 23.6 Å². The van der Waals surface area contributed by atoms with E-state index in [9.17, 15) is 18.0 Å². The summed E-state index contributed by atoms with van der Waals surface area (Å²) in [6.07, 6.45) is 3.53. The van der Waals surface area contributed by atoms with Gasteiger partial charge in [-0.05, 0) is 43.2 Å². The van der Waals surface area contributed by atoms with E-state index in [4.69, 9.17) is 11.6 Å². The van der Waals surface area contributed by atoms with Crippen LogP contribution in [0.5, 0.6) is 0 Å². The highest BCUT2D eigenvalue weighted by Gasteiger charge is 2.44. The summed E-state index contributed by atoms with van der Waals surface area (Å²) in [5.41, 5.74) is 1.75. The summed E-state index contributed by atoms with van der Waals surface area (Å²) >= 11 is 6.27. The Morgan fingerprint density at radius 3 is 2.59 bits per heavy atom. The fraction of sp³-hybridized carbons (Fsp3) is 0.273. The quantitative estimate of drug-likeness (QED) is 0.509. The molecule has 1 aliphatic heterocycles. The highest BCUT2D eigenvalue weighted by Crippen LogP contribution is 2.39. The number of hydrogen-bond donors (Lipinski definition) is 2. The zero-order valence-corrected chi connectivity index (χ0v) is 20.1. The number of aryl methyl sites for hydroxylation is 2. The molecule has 3 aromatic rings. The van der Waals surface area contributed by atoms with Crippen molar-refractivity contribution in [3.05, 3.63) is 65.2 Å². The smallest absolute Gasteiger partial charge is 0.270 e. The topological polar surface area (TPSA) is 126 Å². The maximum atomic E-state index is 13.8. The monoisotopic (exact) mass is 502 g/mol. The second-order valence-corrected chi connectivity index (χ2v) is 9.92. The molecule has 178 valence electrons. The van der Waals surface area contributed by atoms with Crippen molar-refractivity contribution in [2.75, 3.05) is 16.2 Å². The van der Waals surface area contributed by atoms with Gasteiger partial charge in [0.1, 0.15) is 16.1 Å². The number of carbonyl (C=O) groups excluding carboxylic acids is 2. The number of carbonyl (C=O) groups is 2. The Morgan fingerprint density at radius 2 is 1.91 bits per heavy atom. The number of halogens is 1. The Bertz CT molecular complexity index is 1340. The van der Waals surface area contributed by atoms with Gasteiger partial charge in [-0.15, -0.1) is 0 Å². The first-order valence-electron chi connectivity index (χ1n) is 10.5. The largest absolute Gasteiger partial charge is 0.356 e. The number of pyridine rings is 1. The van der Waals surface area contributed by atoms with E-state index >= 15 is 0 Å². The molecule has 2 aromatic heterocycles. The first-order valence-corrected chi connectivity index (χ1v) is 12.3. The zero-order chi connectivity index (χ0) is 24.5. The van der Waals surface area contributed by atoms with E-state index in [2.05, 4.69) is 20.7 Å². The predicted octanol–water partition coefficient (Wildman–Crippen LogP) is 2.04. The molecule has 1 aromatic carbocycles. The molecule has 10 nitrogen and oxygen atoms in total. The minimum atomic E-state index is -4.34. The number of nitrogens with zero attached hydrogens (tertiary/aromatic N) is 4. The molecule has 0 spiro atoms. The molecule has 0 saturated heterocycles. The van der Waals surface area contributed by atoms with Crippen LogP contribution in [0.4, 0.5) is 11.4 Å². The molecule has 34 heavy (non-hydrogen) atoms. The van der Waals surface area contributed by atoms with E-state index in [0.29, 0.717) is 18.7 Å². The normalized spacial score (nSPS) is 15.6. The maximum absolute atomic E-state index is 13.8. The van der Waals surface area contributed by atoms with Crippen LogP contribution in [0.15, 0.2) is 53.7 Å². The number of aromatic nitrogens is 3. The van der Waals surface area contributed by atoms with Crippen molar-refractivity contribution in [2.24, 2.45) is 7.05 Å². The number of hydrogen-bond acceptors (Lipinski definition) is 6. The molecule has 2 N–H and O–H groups in total. The third-order valence-electron chi connectivity index (χ3n) is 5.47. The molecule has 2 amide bonds. The summed E-state index contributed by atoms with van der Waals surface area (Å²) in [5.74, 6) is -1.06. The lowest BCUT2D eigenvalue weighted by atomic mass is 10.1. The summed E-state index contributed by atoms with van der Waals surface area (Å²) < 4.78 is 29.8. The predicted molar refractivity (Wildman–Crippen MR) is 127 cm³/mol. The molecule has 0 saturated carbocycles. The number of rotatable bonds is 7. The second kappa shape index (κ2) is 9.43. The van der Waals surface area contributed by atoms with Gasteiger partial charge in [-0.1, -0.05) is 23.7 Å². The molecule has 0 bridgehead atoms. The third kappa shape index (κ3) is 4.48. The number of sulfonamides is 1. The zero-order valence-electron chi connectivity index (χ0n) is 18.5. The molecular weight excluding hydrogens is 480 g/mol. The summed E-state index contributed by atoms with van der Waals surface area (Å²) in [7, 11) is -2.81. The van der Waals surface area contributed by atoms with Crippen LogP contribution in [0.1, 0.15) is 17.7 Å². The Balaban J connectivity index is 1.64. The van der Waals surface area contributed by atoms with Gasteiger partial charge >= 0.3 is 0 Å². The molecule has 12 heteroatoms. The molecule has 0 radical (unpaired) electrons. The second-order valence-electron chi connectivity index (χ2n) is 7.81. The number of para-hydroxylation sites is 2. The highest BCUT2D eigenvalue weighted by molar-refractivity contribution is 7.93. The molecule has 0 aliphatic carbocycles. The molecular formula is C22H23ClN6O4S. The van der Waals surface area contributed by atoms with Crippen LogP contribution >= 0.6 is 11.6 Å². The van der Waals surface area contributed by atoms with E-state index in [-0.39, 0.29) is 27.9 Å². The first kappa shape index (κ1) is 23.7. The van der Waals surface area contributed by atoms with Crippen LogP contribution in [0, 0.1) is 6.92 Å². The lowest BCUT2D eigenvalue weighted by Gasteiger charge is -2.36. The van der Waals surface area contributed by atoms with E-state index in [0.717, 1.165) is 9.87 Å². The van der Waals surface area contributed by atoms with Gasteiger partial charge < -0.3 is 10.6 Å². The minimum absolute atomic E-state index is 0.0819. The average molecular weight is 503 g/mol. The molecule has 0 fully saturated rings. The highest BCUT2D eigenvalue weighted by atomic mass is 35.5. The van der Waals surface area contributed by atoms with Crippen LogP contribution in [0.2, 0.25) is 5.15 Å². The van der Waals surface area contributed by atoms with E-state index in [1.807, 2.05) is 12.1 Å². The molecule has 3 heterocycles. The summed E-state index contributed by atoms with van der Waals surface area (Å²) in [6, 6.07) is 8.87. The van der Waals surface area contributed by atoms with Crippen LogP contribution < -0.4 is 14.9 Å². The average Bonchev–Trinajstić information content (AvgIpc) is 3.06. The van der Waals surface area contributed by atoms with Gasteiger partial charge in [-0.2, -0.15) is 5.10 Å². The SMILES string of the molecule is Cc1nn(C)c(Cl)c1S(=O)(=O)N1c2ccccc2NC(=O)C1CC(=O)NCCc1ccncc1. The summed E-state index contributed by atoms with van der Waals surface area (Å²) in [6.45, 7) is 1.85. The van der Waals surface area contributed by atoms with Crippen LogP contribution in [-0.2, 0) is 33.1 Å². The van der Waals surface area contributed by atoms with Gasteiger partial charge in [-0.25, -0.2) is 8.42 Å². The first-order chi connectivity index (χ1) is 16.2. The fourth-order valence-electron chi connectivity index (χ4n) is 3.88. The van der Waals surface area contributed by atoms with E-state index in [1.54, 1.807) is 36.7 Å². The van der Waals surface area contributed by atoms with Crippen molar-refractivity contribution < 1.29 is 18.0 Å². The molecule has 4 rings (SSSR count). The number of nitrogens with one attached hydrogen (secondary N) is 2. The number of fused-ring (bicyclic) bond motifs is 1.